The van der Waals surface area contributed by atoms with E-state index in [0.29, 0.717) is 102 Å². The standard InChI is InChI=1S/2C24H22N8O2.C21H20N6O6.C18H9BrF5N5O/c33-24(16-2-1-3-18-21(16)26-7-6-25-18)30-20-13-27-31-22(20)23-28-17-5-4-15(12-19(17)29-23)14-32-8-10-34-11-9-32;33-24(17-12-25-30-18-4-2-1-3-16(17)18)29-21-13-26-31-22(21)23-27-19-6-5-15(11-20(19)28-23)14-32-7-9-34-10-8-32;1-4-33-16-7-11(27(29)30)5-6-12(16)21(28)25-15-10-22-26-19(15)20-23-13-8-17(31-2)18(32-3)9-14(13)24-20;19-8-4-7(18(22,23)24)5-11-14(8)28-16(26-11)15-12(6-25-29-15)27-17(30)13-9(20)2-1-3-10(13)21/h1-7,12-13H,8-11,14H2,(H,27,31)(H,28,29)(H,30,33);1-6,11-13H,7-10,14H2,(H,26,31)(H,27,28)(H,29,33);5-10H,4H2,1-3H3,(H,22,26)(H,23,24)(H,25,28);1-6H,(H,25,29)(H,26,28)(H,27,30). The minimum absolute atomic E-state index is 0.0221. The summed E-state index contributed by atoms with van der Waals surface area (Å²) < 4.78 is 93.8. The number of hydrogen-bond donors (Lipinski definition) is 12. The zero-order valence-electron chi connectivity index (χ0n) is 69.1. The molecule has 12 N–H and O–H groups in total. The number of nitro groups is 1. The zero-order valence-corrected chi connectivity index (χ0v) is 70.7. The van der Waals surface area contributed by atoms with Gasteiger partial charge in [-0.05, 0) is 107 Å². The third kappa shape index (κ3) is 19.3. The molecule has 0 saturated carbocycles. The average Bonchev–Trinajstić information content (AvgIpc) is 1.65. The van der Waals surface area contributed by atoms with Crippen molar-refractivity contribution in [1.82, 2.24) is 111 Å². The Morgan fingerprint density at radius 3 is 1.53 bits per heavy atom. The number of morpholine rings is 2. The van der Waals surface area contributed by atoms with Crippen molar-refractivity contribution in [2.24, 2.45) is 0 Å². The van der Waals surface area contributed by atoms with Gasteiger partial charge in [0.1, 0.15) is 56.8 Å². The lowest BCUT2D eigenvalue weighted by molar-refractivity contribution is -0.384. The summed E-state index contributed by atoms with van der Waals surface area (Å²) in [6, 6.07) is 37.2. The summed E-state index contributed by atoms with van der Waals surface area (Å²) in [6.45, 7) is 10.5. The molecule has 20 rings (SSSR count). The van der Waals surface area contributed by atoms with Gasteiger partial charge in [0.2, 0.25) is 0 Å². The number of imidazole rings is 4. The minimum Gasteiger partial charge on any atom is -0.493 e. The Morgan fingerprint density at radius 2 is 0.985 bits per heavy atom. The summed E-state index contributed by atoms with van der Waals surface area (Å²) in [5.41, 5.74) is 11.8. The monoisotopic (exact) mass is 1850 g/mol. The SMILES string of the molecule is CCOc1cc([N+](=O)[O-])ccc1C(=O)Nc1cn[nH]c1-c1nc2cc(OC)c(OC)cc2[nH]1.O=C(Nc1cn[nH]c1-c1nc2c(Br)cc(C(F)(F)F)cc2[nH]1)c1c(F)cccc1F.O=C(Nc1cn[nH]c1-c1nc2ccc(CN3CCOCC3)cc2[nH]1)c1cccc2nccnc12.O=C(Nc1cn[nH]c1-c1nc2ccc(CN3CCOCC3)cc2[nH]1)c1cnnc2ccccc12. The molecule has 38 nitrogen and oxygen atoms in total. The molecule has 0 radical (unpaired) electrons. The van der Waals surface area contributed by atoms with Crippen molar-refractivity contribution >= 4 is 134 Å². The molecule has 0 unspecified atom stereocenters. The number of nitro benzene ring substituents is 1. The quantitative estimate of drug-likeness (QED) is 0.0181. The second kappa shape index (κ2) is 38.2. The molecule has 8 aromatic carbocycles. The van der Waals surface area contributed by atoms with Gasteiger partial charge in [0, 0.05) is 79.7 Å². The second-order valence-electron chi connectivity index (χ2n) is 29.3. The maximum Gasteiger partial charge on any atom is 0.416 e. The Labute approximate surface area is 743 Å². The number of aromatic nitrogens is 20. The number of benzene rings is 8. The minimum atomic E-state index is -4.56. The number of methoxy groups -OCH3 is 2. The van der Waals surface area contributed by atoms with Crippen LogP contribution in [0, 0.1) is 21.7 Å². The van der Waals surface area contributed by atoms with Crippen LogP contribution in [-0.2, 0) is 28.7 Å². The smallest absolute Gasteiger partial charge is 0.416 e. The molecule has 4 amide bonds. The maximum absolute atomic E-state index is 13.8. The number of anilines is 4. The molecule has 0 bridgehead atoms. The highest BCUT2D eigenvalue weighted by Gasteiger charge is 2.33. The third-order valence-electron chi connectivity index (χ3n) is 20.9. The number of amides is 4. The van der Waals surface area contributed by atoms with E-state index in [0.717, 1.165) is 123 Å². The summed E-state index contributed by atoms with van der Waals surface area (Å²) in [5.74, 6) is -1.40. The predicted molar refractivity (Wildman–Crippen MR) is 474 cm³/mol. The molecule has 2 aliphatic rings. The highest BCUT2D eigenvalue weighted by atomic mass is 79.9. The van der Waals surface area contributed by atoms with Crippen molar-refractivity contribution in [1.29, 1.82) is 0 Å². The van der Waals surface area contributed by atoms with Crippen molar-refractivity contribution in [2.45, 2.75) is 26.2 Å². The van der Waals surface area contributed by atoms with Gasteiger partial charge in [-0.1, -0.05) is 42.5 Å². The molecule has 2 fully saturated rings. The number of carbonyl (C=O) groups excluding carboxylic acids is 4. The molecule has 664 valence electrons. The number of aromatic amines is 8. The highest BCUT2D eigenvalue weighted by Crippen LogP contribution is 2.39. The van der Waals surface area contributed by atoms with Crippen molar-refractivity contribution in [2.75, 3.05) is 94.7 Å². The van der Waals surface area contributed by atoms with Crippen LogP contribution >= 0.6 is 15.9 Å². The number of nitrogens with one attached hydrogen (secondary N) is 12. The number of ether oxygens (including phenoxy) is 5. The average molecular weight is 1850 g/mol. The normalized spacial score (nSPS) is 13.0. The van der Waals surface area contributed by atoms with Gasteiger partial charge in [0.15, 0.2) is 34.8 Å². The molecular weight excluding hydrogens is 1770 g/mol. The number of halogens is 6. The lowest BCUT2D eigenvalue weighted by Gasteiger charge is -2.26. The predicted octanol–water partition coefficient (Wildman–Crippen LogP) is 14.8. The first-order valence-electron chi connectivity index (χ1n) is 40.2. The number of carbonyl (C=O) groups is 4. The van der Waals surface area contributed by atoms with Crippen molar-refractivity contribution in [3.8, 4) is 63.3 Å². The number of H-pyrrole nitrogens is 8. The van der Waals surface area contributed by atoms with Gasteiger partial charge in [-0.2, -0.15) is 43.8 Å². The van der Waals surface area contributed by atoms with Gasteiger partial charge in [-0.25, -0.2) is 28.7 Å². The molecule has 44 heteroatoms. The fourth-order valence-corrected chi connectivity index (χ4v) is 15.1. The van der Waals surface area contributed by atoms with E-state index < -0.39 is 45.7 Å². The number of para-hydroxylation sites is 1. The third-order valence-corrected chi connectivity index (χ3v) is 21.5. The van der Waals surface area contributed by atoms with E-state index in [1.165, 1.54) is 62.1 Å². The first-order chi connectivity index (χ1) is 63.6. The number of hydrogen-bond acceptors (Lipinski definition) is 25. The molecule has 0 atom stereocenters. The van der Waals surface area contributed by atoms with E-state index in [9.17, 15) is 51.2 Å². The van der Waals surface area contributed by atoms with E-state index >= 15 is 0 Å². The Kier molecular flexibility index (Phi) is 25.3. The fourth-order valence-electron chi connectivity index (χ4n) is 14.6. The number of nitrogens with zero attached hydrogens (tertiary/aromatic N) is 15. The fraction of sp³-hybridized carbons (Fsp3) is 0.172. The van der Waals surface area contributed by atoms with Gasteiger partial charge < -0.3 is 64.9 Å². The van der Waals surface area contributed by atoms with Crippen LogP contribution in [0.2, 0.25) is 0 Å². The Balaban J connectivity index is 0.000000122. The van der Waals surface area contributed by atoms with Crippen LogP contribution in [0.3, 0.4) is 0 Å². The van der Waals surface area contributed by atoms with Gasteiger partial charge in [-0.3, -0.25) is 69.5 Å². The first kappa shape index (κ1) is 86.9. The van der Waals surface area contributed by atoms with Gasteiger partial charge in [0.05, 0.1) is 184 Å². The number of alkyl halides is 3. The van der Waals surface area contributed by atoms with Crippen molar-refractivity contribution in [3.63, 3.8) is 0 Å². The van der Waals surface area contributed by atoms with E-state index in [1.807, 2.05) is 42.5 Å². The van der Waals surface area contributed by atoms with Crippen molar-refractivity contribution < 1.29 is 69.7 Å². The van der Waals surface area contributed by atoms with Crippen LogP contribution in [0.1, 0.15) is 65.0 Å². The topological polar surface area (TPSA) is 493 Å². The maximum atomic E-state index is 13.8. The second-order valence-corrected chi connectivity index (χ2v) is 30.2. The van der Waals surface area contributed by atoms with E-state index in [4.69, 9.17) is 33.7 Å². The van der Waals surface area contributed by atoms with Gasteiger partial charge in [0.25, 0.3) is 29.3 Å². The summed E-state index contributed by atoms with van der Waals surface area (Å²) in [5, 5.41) is 58.0. The largest absolute Gasteiger partial charge is 0.493 e. The molecule has 2 aliphatic heterocycles. The molecule has 10 aromatic heterocycles. The van der Waals surface area contributed by atoms with Crippen molar-refractivity contribution in [3.05, 3.63) is 248 Å². The lowest BCUT2D eigenvalue weighted by atomic mass is 10.1. The van der Waals surface area contributed by atoms with Crippen LogP contribution in [-0.4, -0.2) is 213 Å². The molecule has 0 spiro atoms. The van der Waals surface area contributed by atoms with Crippen LogP contribution in [0.15, 0.2) is 187 Å². The molecule has 2 saturated heterocycles. The Morgan fingerprint density at radius 1 is 0.496 bits per heavy atom. The van der Waals surface area contributed by atoms with Gasteiger partial charge in [-0.15, -0.1) is 0 Å². The molecular formula is C87H73BrF5N27O11. The summed E-state index contributed by atoms with van der Waals surface area (Å²) in [7, 11) is 3.08. The summed E-state index contributed by atoms with van der Waals surface area (Å²) in [6.07, 6.45) is 5.84. The summed E-state index contributed by atoms with van der Waals surface area (Å²) in [4.78, 5) is 106. The highest BCUT2D eigenvalue weighted by molar-refractivity contribution is 9.10. The zero-order chi connectivity index (χ0) is 91.0. The van der Waals surface area contributed by atoms with Crippen LogP contribution < -0.4 is 35.5 Å². The number of non-ortho nitro benzene ring substituents is 1. The lowest BCUT2D eigenvalue weighted by Crippen LogP contribution is -2.35. The molecule has 131 heavy (non-hydrogen) atoms. The van der Waals surface area contributed by atoms with E-state index in [2.05, 4.69) is 162 Å². The van der Waals surface area contributed by atoms with Crippen LogP contribution in [0.25, 0.3) is 112 Å². The van der Waals surface area contributed by atoms with Crippen LogP contribution in [0.5, 0.6) is 17.2 Å². The number of rotatable bonds is 21. The molecule has 12 heterocycles. The van der Waals surface area contributed by atoms with Crippen LogP contribution in [0.4, 0.5) is 50.4 Å². The summed E-state index contributed by atoms with van der Waals surface area (Å²) >= 11 is 3.06. The Hall–Kier alpha value is -16.2. The van der Waals surface area contributed by atoms with E-state index in [-0.39, 0.29) is 68.1 Å². The first-order valence-corrected chi connectivity index (χ1v) is 41.0. The Bertz CT molecular complexity index is 7020. The number of fused-ring (bicyclic) bond motifs is 6. The molecule has 18 aromatic rings. The van der Waals surface area contributed by atoms with Gasteiger partial charge >= 0.3 is 6.18 Å². The molecule has 0 aliphatic carbocycles. The van der Waals surface area contributed by atoms with E-state index in [1.54, 1.807) is 56.0 Å².